The van der Waals surface area contributed by atoms with Crippen molar-refractivity contribution < 1.29 is 9.59 Å². The lowest BCUT2D eigenvalue weighted by Crippen LogP contribution is -2.23. The van der Waals surface area contributed by atoms with E-state index in [-0.39, 0.29) is 11.8 Å². The fourth-order valence-corrected chi connectivity index (χ4v) is 3.95. The number of amides is 2. The molecule has 0 spiro atoms. The van der Waals surface area contributed by atoms with Gasteiger partial charge in [-0.05, 0) is 36.2 Å². The summed E-state index contributed by atoms with van der Waals surface area (Å²) in [4.78, 5) is 30.5. The third-order valence-electron chi connectivity index (χ3n) is 4.63. The number of halogens is 1. The molecule has 3 aromatic rings. The van der Waals surface area contributed by atoms with Gasteiger partial charge >= 0.3 is 0 Å². The smallest absolute Gasteiger partial charge is 0.257 e. The van der Waals surface area contributed by atoms with Crippen LogP contribution < -0.4 is 5.32 Å². The number of carbonyl (C=O) groups excluding carboxylic acids is 2. The van der Waals surface area contributed by atoms with E-state index in [1.807, 2.05) is 46.7 Å². The number of nitrogens with one attached hydrogen (secondary N) is 1. The molecule has 0 atom stereocenters. The van der Waals surface area contributed by atoms with Crippen molar-refractivity contribution in [2.75, 3.05) is 11.9 Å². The lowest BCUT2D eigenvalue weighted by atomic mass is 10.1. The number of hydrogen-bond acceptors (Lipinski definition) is 4. The van der Waals surface area contributed by atoms with Crippen LogP contribution in [0, 0.1) is 0 Å². The minimum absolute atomic E-state index is 0.196. The number of rotatable bonds is 5. The van der Waals surface area contributed by atoms with Gasteiger partial charge in [0, 0.05) is 41.0 Å². The van der Waals surface area contributed by atoms with E-state index < -0.39 is 0 Å². The van der Waals surface area contributed by atoms with E-state index in [0.717, 1.165) is 29.8 Å². The van der Waals surface area contributed by atoms with Crippen molar-refractivity contribution in [2.24, 2.45) is 0 Å². The average Bonchev–Trinajstić information content (AvgIpc) is 3.32. The second-order valence-electron chi connectivity index (χ2n) is 6.61. The summed E-state index contributed by atoms with van der Waals surface area (Å²) in [5.41, 5.74) is 3.32. The zero-order valence-electron chi connectivity index (χ0n) is 15.0. The van der Waals surface area contributed by atoms with Crippen molar-refractivity contribution in [3.05, 3.63) is 70.1 Å². The lowest BCUT2D eigenvalue weighted by molar-refractivity contribution is -0.128. The van der Waals surface area contributed by atoms with E-state index in [0.29, 0.717) is 28.7 Å². The summed E-state index contributed by atoms with van der Waals surface area (Å²) in [6.45, 7) is 1.40. The van der Waals surface area contributed by atoms with Crippen molar-refractivity contribution in [2.45, 2.75) is 19.4 Å². The maximum atomic E-state index is 12.5. The van der Waals surface area contributed by atoms with Gasteiger partial charge in [-0.25, -0.2) is 4.98 Å². The number of aromatic nitrogens is 1. The molecule has 2 amide bonds. The Morgan fingerprint density at radius 3 is 2.57 bits per heavy atom. The first-order chi connectivity index (χ1) is 13.6. The Balaban J connectivity index is 1.39. The maximum absolute atomic E-state index is 12.5. The predicted octanol–water partition coefficient (Wildman–Crippen LogP) is 4.84. The number of hydrogen-bond donors (Lipinski definition) is 1. The first kappa shape index (κ1) is 18.7. The van der Waals surface area contributed by atoms with Crippen LogP contribution >= 0.6 is 22.9 Å². The normalized spacial score (nSPS) is 13.8. The van der Waals surface area contributed by atoms with Crippen molar-refractivity contribution in [3.8, 4) is 11.3 Å². The SMILES string of the molecule is O=C(Nc1nc(-c2ccc(Cl)cc2)cs1)c1ccc(CN2CCCC2=O)cc1. The molecule has 1 saturated heterocycles. The Labute approximate surface area is 172 Å². The van der Waals surface area contributed by atoms with Gasteiger partial charge in [0.15, 0.2) is 5.13 Å². The molecule has 1 aromatic heterocycles. The highest BCUT2D eigenvalue weighted by molar-refractivity contribution is 7.14. The summed E-state index contributed by atoms with van der Waals surface area (Å²) in [6, 6.07) is 14.7. The Hall–Kier alpha value is -2.70. The van der Waals surface area contributed by atoms with Crippen LogP contribution in [0.5, 0.6) is 0 Å². The van der Waals surface area contributed by atoms with E-state index >= 15 is 0 Å². The van der Waals surface area contributed by atoms with E-state index in [2.05, 4.69) is 10.3 Å². The predicted molar refractivity (Wildman–Crippen MR) is 112 cm³/mol. The van der Waals surface area contributed by atoms with Gasteiger partial charge in [-0.15, -0.1) is 11.3 Å². The molecule has 1 aliphatic rings. The summed E-state index contributed by atoms with van der Waals surface area (Å²) in [7, 11) is 0. The first-order valence-electron chi connectivity index (χ1n) is 8.98. The Bertz CT molecular complexity index is 999. The van der Waals surface area contributed by atoms with Gasteiger partial charge in [-0.3, -0.25) is 14.9 Å². The molecular weight excluding hydrogens is 394 g/mol. The third-order valence-corrected chi connectivity index (χ3v) is 5.64. The standard InChI is InChI=1S/C21H18ClN3O2S/c22-17-9-7-15(8-10-17)18-13-28-21(23-18)24-20(27)16-5-3-14(4-6-16)12-25-11-1-2-19(25)26/h3-10,13H,1-2,11-12H2,(H,23,24,27). The number of nitrogens with zero attached hydrogens (tertiary/aromatic N) is 2. The molecule has 1 aliphatic heterocycles. The number of benzene rings is 2. The Kier molecular flexibility index (Phi) is 5.41. The largest absolute Gasteiger partial charge is 0.338 e. The fourth-order valence-electron chi connectivity index (χ4n) is 3.11. The molecule has 2 heterocycles. The second-order valence-corrected chi connectivity index (χ2v) is 7.91. The van der Waals surface area contributed by atoms with Crippen LogP contribution in [0.3, 0.4) is 0 Å². The molecule has 1 fully saturated rings. The fraction of sp³-hybridized carbons (Fsp3) is 0.190. The van der Waals surface area contributed by atoms with Crippen LogP contribution in [0.15, 0.2) is 53.9 Å². The van der Waals surface area contributed by atoms with E-state index in [4.69, 9.17) is 11.6 Å². The molecule has 0 radical (unpaired) electrons. The molecule has 1 N–H and O–H groups in total. The van der Waals surface area contributed by atoms with Crippen LogP contribution in [0.2, 0.25) is 5.02 Å². The molecule has 2 aromatic carbocycles. The highest BCUT2D eigenvalue weighted by atomic mass is 35.5. The van der Waals surface area contributed by atoms with Crippen LogP contribution in [0.4, 0.5) is 5.13 Å². The average molecular weight is 412 g/mol. The molecule has 5 nitrogen and oxygen atoms in total. The minimum Gasteiger partial charge on any atom is -0.338 e. The molecular formula is C21H18ClN3O2S. The number of carbonyl (C=O) groups is 2. The molecule has 0 unspecified atom stereocenters. The summed E-state index contributed by atoms with van der Waals surface area (Å²) in [5.74, 6) is -0.0112. The van der Waals surface area contributed by atoms with Crippen LogP contribution in [-0.4, -0.2) is 28.2 Å². The molecule has 4 rings (SSSR count). The summed E-state index contributed by atoms with van der Waals surface area (Å²) >= 11 is 7.29. The van der Waals surface area contributed by atoms with Crippen molar-refractivity contribution in [1.82, 2.24) is 9.88 Å². The quantitative estimate of drug-likeness (QED) is 0.653. The van der Waals surface area contributed by atoms with Gasteiger partial charge in [-0.2, -0.15) is 0 Å². The highest BCUT2D eigenvalue weighted by Crippen LogP contribution is 2.26. The van der Waals surface area contributed by atoms with Crippen molar-refractivity contribution in [1.29, 1.82) is 0 Å². The zero-order valence-corrected chi connectivity index (χ0v) is 16.6. The van der Waals surface area contributed by atoms with E-state index in [9.17, 15) is 9.59 Å². The van der Waals surface area contributed by atoms with E-state index in [1.54, 1.807) is 12.1 Å². The minimum atomic E-state index is -0.208. The van der Waals surface area contributed by atoms with E-state index in [1.165, 1.54) is 11.3 Å². The first-order valence-corrected chi connectivity index (χ1v) is 10.2. The summed E-state index contributed by atoms with van der Waals surface area (Å²) < 4.78 is 0. The van der Waals surface area contributed by atoms with Gasteiger partial charge in [0.2, 0.25) is 5.91 Å². The van der Waals surface area contributed by atoms with Gasteiger partial charge in [-0.1, -0.05) is 35.9 Å². The lowest BCUT2D eigenvalue weighted by Gasteiger charge is -2.15. The van der Waals surface area contributed by atoms with Gasteiger partial charge < -0.3 is 4.90 Å². The molecule has 7 heteroatoms. The molecule has 0 aliphatic carbocycles. The molecule has 142 valence electrons. The second kappa shape index (κ2) is 8.12. The molecule has 28 heavy (non-hydrogen) atoms. The van der Waals surface area contributed by atoms with Gasteiger partial charge in [0.25, 0.3) is 5.91 Å². The van der Waals surface area contributed by atoms with Gasteiger partial charge in [0.1, 0.15) is 0 Å². The topological polar surface area (TPSA) is 62.3 Å². The van der Waals surface area contributed by atoms with Crippen molar-refractivity contribution >= 4 is 39.9 Å². The Morgan fingerprint density at radius 2 is 1.89 bits per heavy atom. The summed E-state index contributed by atoms with van der Waals surface area (Å²) in [6.07, 6.45) is 1.55. The number of thiazole rings is 1. The number of anilines is 1. The highest BCUT2D eigenvalue weighted by Gasteiger charge is 2.20. The van der Waals surface area contributed by atoms with Crippen molar-refractivity contribution in [3.63, 3.8) is 0 Å². The third kappa shape index (κ3) is 4.24. The molecule has 0 saturated carbocycles. The Morgan fingerprint density at radius 1 is 1.14 bits per heavy atom. The van der Waals surface area contributed by atoms with Crippen LogP contribution in [-0.2, 0) is 11.3 Å². The monoisotopic (exact) mass is 411 g/mol. The number of likely N-dealkylation sites (tertiary alicyclic amines) is 1. The van der Waals surface area contributed by atoms with Crippen LogP contribution in [0.25, 0.3) is 11.3 Å². The zero-order chi connectivity index (χ0) is 19.5. The van der Waals surface area contributed by atoms with Gasteiger partial charge in [0.05, 0.1) is 5.69 Å². The summed E-state index contributed by atoms with van der Waals surface area (Å²) in [5, 5.41) is 5.95. The molecule has 0 bridgehead atoms. The van der Waals surface area contributed by atoms with Crippen LogP contribution in [0.1, 0.15) is 28.8 Å². The maximum Gasteiger partial charge on any atom is 0.257 e.